The van der Waals surface area contributed by atoms with Crippen LogP contribution in [-0.4, -0.2) is 37.2 Å². The van der Waals surface area contributed by atoms with Crippen molar-refractivity contribution in [3.05, 3.63) is 51.7 Å². The van der Waals surface area contributed by atoms with Gasteiger partial charge >= 0.3 is 5.97 Å². The molecule has 0 aliphatic rings. The van der Waals surface area contributed by atoms with E-state index in [-0.39, 0.29) is 24.5 Å². The van der Waals surface area contributed by atoms with Gasteiger partial charge in [-0.15, -0.1) is 11.3 Å². The summed E-state index contributed by atoms with van der Waals surface area (Å²) in [5, 5.41) is 5.04. The van der Waals surface area contributed by atoms with E-state index in [4.69, 9.17) is 4.74 Å². The minimum absolute atomic E-state index is 0.0363. The van der Waals surface area contributed by atoms with Crippen LogP contribution in [0.1, 0.15) is 37.7 Å². The predicted molar refractivity (Wildman–Crippen MR) is 102 cm³/mol. The second kappa shape index (κ2) is 9.63. The molecule has 142 valence electrons. The lowest BCUT2D eigenvalue weighted by atomic mass is 10.2. The molecule has 1 aromatic carbocycles. The molecular formula is C19H20N2O5S. The molecule has 0 bridgehead atoms. The highest BCUT2D eigenvalue weighted by atomic mass is 32.1. The van der Waals surface area contributed by atoms with Gasteiger partial charge in [-0.25, -0.2) is 0 Å². The SMILES string of the molecule is CNC(=O)c1cccc(NC(=O)COC(=O)CCC(=O)c2ccc(C)s2)c1. The Morgan fingerprint density at radius 1 is 1.07 bits per heavy atom. The van der Waals surface area contributed by atoms with Crippen molar-refractivity contribution < 1.29 is 23.9 Å². The maximum Gasteiger partial charge on any atom is 0.306 e. The van der Waals surface area contributed by atoms with Crippen LogP contribution >= 0.6 is 11.3 Å². The van der Waals surface area contributed by atoms with Gasteiger partial charge < -0.3 is 15.4 Å². The highest BCUT2D eigenvalue weighted by molar-refractivity contribution is 7.14. The highest BCUT2D eigenvalue weighted by Gasteiger charge is 2.13. The average molecular weight is 388 g/mol. The predicted octanol–water partition coefficient (Wildman–Crippen LogP) is 2.56. The molecular weight excluding hydrogens is 368 g/mol. The van der Waals surface area contributed by atoms with Crippen LogP contribution in [0.25, 0.3) is 0 Å². The van der Waals surface area contributed by atoms with Crippen LogP contribution in [0.2, 0.25) is 0 Å². The molecule has 2 N–H and O–H groups in total. The minimum atomic E-state index is -0.620. The number of carbonyl (C=O) groups excluding carboxylic acids is 4. The quantitative estimate of drug-likeness (QED) is 0.535. The second-order valence-electron chi connectivity index (χ2n) is 5.70. The number of nitrogens with one attached hydrogen (secondary N) is 2. The molecule has 27 heavy (non-hydrogen) atoms. The first-order valence-corrected chi connectivity index (χ1v) is 9.08. The molecule has 2 aromatic rings. The first-order chi connectivity index (χ1) is 12.9. The van der Waals surface area contributed by atoms with Crippen LogP contribution in [0.15, 0.2) is 36.4 Å². The number of anilines is 1. The van der Waals surface area contributed by atoms with Gasteiger partial charge in [-0.3, -0.25) is 19.2 Å². The Kier molecular flexibility index (Phi) is 7.25. The number of aryl methyl sites for hydroxylation is 1. The molecule has 0 saturated carbocycles. The Balaban J connectivity index is 1.75. The molecule has 0 saturated heterocycles. The van der Waals surface area contributed by atoms with Crippen molar-refractivity contribution in [1.29, 1.82) is 0 Å². The fourth-order valence-electron chi connectivity index (χ4n) is 2.22. The zero-order chi connectivity index (χ0) is 19.8. The van der Waals surface area contributed by atoms with E-state index in [1.54, 1.807) is 24.3 Å². The number of thiophene rings is 1. The summed E-state index contributed by atoms with van der Waals surface area (Å²) in [6.45, 7) is 1.44. The largest absolute Gasteiger partial charge is 0.456 e. The van der Waals surface area contributed by atoms with E-state index in [0.717, 1.165) is 4.88 Å². The Morgan fingerprint density at radius 2 is 1.85 bits per heavy atom. The number of carbonyl (C=O) groups is 4. The summed E-state index contributed by atoms with van der Waals surface area (Å²) in [4.78, 5) is 48.7. The van der Waals surface area contributed by atoms with Crippen LogP contribution in [0, 0.1) is 6.92 Å². The summed E-state index contributed by atoms with van der Waals surface area (Å²) in [7, 11) is 1.51. The Labute approximate surface area is 160 Å². The summed E-state index contributed by atoms with van der Waals surface area (Å²) >= 11 is 1.38. The van der Waals surface area contributed by atoms with Gasteiger partial charge in [0.15, 0.2) is 12.4 Å². The molecule has 2 amide bonds. The number of Topliss-reactive ketones (excluding diaryl/α,β-unsaturated/α-hetero) is 1. The third-order valence-corrected chi connectivity index (χ3v) is 4.61. The molecule has 2 rings (SSSR count). The Morgan fingerprint density at radius 3 is 2.52 bits per heavy atom. The van der Waals surface area contributed by atoms with Gasteiger partial charge in [0, 0.05) is 29.6 Å². The Bertz CT molecular complexity index is 859. The smallest absolute Gasteiger partial charge is 0.306 e. The summed E-state index contributed by atoms with van der Waals surface area (Å²) < 4.78 is 4.89. The molecule has 0 unspecified atom stereocenters. The van der Waals surface area contributed by atoms with Gasteiger partial charge in [0.05, 0.1) is 11.3 Å². The molecule has 0 aliphatic heterocycles. The van der Waals surface area contributed by atoms with E-state index in [1.165, 1.54) is 24.5 Å². The molecule has 7 nitrogen and oxygen atoms in total. The van der Waals surface area contributed by atoms with Crippen molar-refractivity contribution in [2.24, 2.45) is 0 Å². The number of rotatable bonds is 8. The normalized spacial score (nSPS) is 10.1. The second-order valence-corrected chi connectivity index (χ2v) is 6.99. The van der Waals surface area contributed by atoms with E-state index in [2.05, 4.69) is 10.6 Å². The zero-order valence-electron chi connectivity index (χ0n) is 15.0. The number of amides is 2. The number of hydrogen-bond donors (Lipinski definition) is 2. The minimum Gasteiger partial charge on any atom is -0.456 e. The van der Waals surface area contributed by atoms with Crippen LogP contribution in [-0.2, 0) is 14.3 Å². The number of ketones is 1. The third kappa shape index (κ3) is 6.34. The molecule has 0 atom stereocenters. The summed E-state index contributed by atoms with van der Waals surface area (Å²) in [5.74, 6) is -1.55. The molecule has 8 heteroatoms. The van der Waals surface area contributed by atoms with E-state index >= 15 is 0 Å². The first-order valence-electron chi connectivity index (χ1n) is 8.26. The van der Waals surface area contributed by atoms with Gasteiger partial charge in [0.2, 0.25) is 0 Å². The van der Waals surface area contributed by atoms with Gasteiger partial charge in [-0.05, 0) is 37.3 Å². The van der Waals surface area contributed by atoms with Crippen LogP contribution < -0.4 is 10.6 Å². The lowest BCUT2D eigenvalue weighted by molar-refractivity contribution is -0.147. The molecule has 1 aromatic heterocycles. The van der Waals surface area contributed by atoms with Crippen LogP contribution in [0.4, 0.5) is 5.69 Å². The lowest BCUT2D eigenvalue weighted by Crippen LogP contribution is -2.22. The molecule has 1 heterocycles. The number of esters is 1. The van der Waals surface area contributed by atoms with E-state index in [9.17, 15) is 19.2 Å². The zero-order valence-corrected chi connectivity index (χ0v) is 15.9. The van der Waals surface area contributed by atoms with Crippen LogP contribution in [0.3, 0.4) is 0 Å². The van der Waals surface area contributed by atoms with E-state index in [1.807, 2.05) is 13.0 Å². The van der Waals surface area contributed by atoms with Crippen molar-refractivity contribution >= 4 is 40.6 Å². The number of ether oxygens (including phenoxy) is 1. The third-order valence-electron chi connectivity index (χ3n) is 3.57. The molecule has 0 fully saturated rings. The molecule has 0 radical (unpaired) electrons. The van der Waals surface area contributed by atoms with Crippen molar-refractivity contribution in [2.75, 3.05) is 19.0 Å². The summed E-state index contributed by atoms with van der Waals surface area (Å²) in [6, 6.07) is 9.95. The average Bonchev–Trinajstić information content (AvgIpc) is 3.10. The Hall–Kier alpha value is -3.00. The first kappa shape index (κ1) is 20.3. The van der Waals surface area contributed by atoms with Crippen molar-refractivity contribution in [2.45, 2.75) is 19.8 Å². The number of hydrogen-bond acceptors (Lipinski definition) is 6. The summed E-state index contributed by atoms with van der Waals surface area (Å²) in [5.41, 5.74) is 0.815. The van der Waals surface area contributed by atoms with Gasteiger partial charge in [-0.1, -0.05) is 6.07 Å². The monoisotopic (exact) mass is 388 g/mol. The van der Waals surface area contributed by atoms with Gasteiger partial charge in [-0.2, -0.15) is 0 Å². The van der Waals surface area contributed by atoms with Crippen molar-refractivity contribution in [3.63, 3.8) is 0 Å². The van der Waals surface area contributed by atoms with E-state index in [0.29, 0.717) is 16.1 Å². The maximum atomic E-state index is 11.9. The topological polar surface area (TPSA) is 102 Å². The standard InChI is InChI=1S/C19H20N2O5S/c1-12-6-8-16(27-12)15(22)7-9-18(24)26-11-17(23)21-14-5-3-4-13(10-14)19(25)20-2/h3-6,8,10H,7,9,11H2,1-2H3,(H,20,25)(H,21,23). The summed E-state index contributed by atoms with van der Waals surface area (Å²) in [6.07, 6.45) is -0.0518. The molecule has 0 spiro atoms. The fraction of sp³-hybridized carbons (Fsp3) is 0.263. The fourth-order valence-corrected chi connectivity index (χ4v) is 3.06. The molecule has 0 aliphatic carbocycles. The number of benzene rings is 1. The van der Waals surface area contributed by atoms with Gasteiger partial charge in [0.1, 0.15) is 0 Å². The van der Waals surface area contributed by atoms with Crippen molar-refractivity contribution in [1.82, 2.24) is 5.32 Å². The lowest BCUT2D eigenvalue weighted by Gasteiger charge is -2.08. The highest BCUT2D eigenvalue weighted by Crippen LogP contribution is 2.17. The maximum absolute atomic E-state index is 11.9. The van der Waals surface area contributed by atoms with E-state index < -0.39 is 18.5 Å². The van der Waals surface area contributed by atoms with Crippen molar-refractivity contribution in [3.8, 4) is 0 Å². The van der Waals surface area contributed by atoms with Crippen LogP contribution in [0.5, 0.6) is 0 Å². The van der Waals surface area contributed by atoms with Gasteiger partial charge in [0.25, 0.3) is 11.8 Å².